The minimum atomic E-state index is -0.118. The van der Waals surface area contributed by atoms with E-state index in [1.165, 1.54) is 5.56 Å². The van der Waals surface area contributed by atoms with E-state index < -0.39 is 0 Å². The third-order valence-electron chi connectivity index (χ3n) is 3.69. The second-order valence-electron chi connectivity index (χ2n) is 4.75. The second-order valence-corrected chi connectivity index (χ2v) is 4.75. The summed E-state index contributed by atoms with van der Waals surface area (Å²) in [5, 5.41) is 3.33. The number of Topliss-reactive ketones (excluding diaryl/α,β-unsaturated/α-hetero) is 1. The van der Waals surface area contributed by atoms with Gasteiger partial charge in [-0.3, -0.25) is 4.79 Å². The van der Waals surface area contributed by atoms with E-state index in [0.717, 1.165) is 32.4 Å². The van der Waals surface area contributed by atoms with E-state index in [9.17, 15) is 4.79 Å². The van der Waals surface area contributed by atoms with E-state index in [0.29, 0.717) is 5.78 Å². The van der Waals surface area contributed by atoms with Crippen LogP contribution in [-0.4, -0.2) is 18.9 Å². The van der Waals surface area contributed by atoms with E-state index in [-0.39, 0.29) is 17.8 Å². The number of rotatable bonds is 3. The van der Waals surface area contributed by atoms with Crippen LogP contribution in [-0.2, 0) is 11.2 Å². The maximum atomic E-state index is 11.9. The predicted molar refractivity (Wildman–Crippen MR) is 72.6 cm³/mol. The fraction of sp³-hybridized carbons (Fsp3) is 0.500. The number of nitrogens with one attached hydrogen (secondary N) is 1. The Hall–Kier alpha value is -0.860. The van der Waals surface area contributed by atoms with Crippen molar-refractivity contribution in [3.8, 4) is 0 Å². The SMILES string of the molecule is CC(=O)C1(Cc2ccccc2)CCNCC1.Cl. The van der Waals surface area contributed by atoms with Gasteiger partial charge in [-0.05, 0) is 44.8 Å². The van der Waals surface area contributed by atoms with Gasteiger partial charge in [0, 0.05) is 5.41 Å². The van der Waals surface area contributed by atoms with Gasteiger partial charge in [-0.1, -0.05) is 30.3 Å². The molecule has 1 aromatic rings. The van der Waals surface area contributed by atoms with Crippen LogP contribution in [0, 0.1) is 5.41 Å². The normalized spacial score (nSPS) is 18.2. The first-order chi connectivity index (χ1) is 7.73. The highest BCUT2D eigenvalue weighted by atomic mass is 35.5. The van der Waals surface area contributed by atoms with Crippen molar-refractivity contribution in [3.05, 3.63) is 35.9 Å². The first-order valence-corrected chi connectivity index (χ1v) is 5.99. The van der Waals surface area contributed by atoms with Gasteiger partial charge in [0.15, 0.2) is 0 Å². The molecule has 1 fully saturated rings. The molecule has 0 radical (unpaired) electrons. The molecule has 1 aromatic carbocycles. The number of hydrogen-bond acceptors (Lipinski definition) is 2. The predicted octanol–water partition coefficient (Wildman–Crippen LogP) is 2.61. The van der Waals surface area contributed by atoms with Crippen molar-refractivity contribution in [2.45, 2.75) is 26.2 Å². The standard InChI is InChI=1S/C14H19NO.ClH/c1-12(16)14(7-9-15-10-8-14)11-13-5-3-2-4-6-13;/h2-6,15H,7-11H2,1H3;1H. The van der Waals surface area contributed by atoms with Crippen molar-refractivity contribution >= 4 is 18.2 Å². The lowest BCUT2D eigenvalue weighted by atomic mass is 9.71. The minimum Gasteiger partial charge on any atom is -0.317 e. The largest absolute Gasteiger partial charge is 0.317 e. The molecule has 94 valence electrons. The number of ketones is 1. The Bertz CT molecular complexity index is 358. The van der Waals surface area contributed by atoms with Crippen LogP contribution in [0.15, 0.2) is 30.3 Å². The molecule has 0 bridgehead atoms. The number of carbonyl (C=O) groups excluding carboxylic acids is 1. The summed E-state index contributed by atoms with van der Waals surface area (Å²) < 4.78 is 0. The third-order valence-corrected chi connectivity index (χ3v) is 3.69. The fourth-order valence-corrected chi connectivity index (χ4v) is 2.55. The number of benzene rings is 1. The van der Waals surface area contributed by atoms with Gasteiger partial charge in [-0.2, -0.15) is 0 Å². The summed E-state index contributed by atoms with van der Waals surface area (Å²) in [7, 11) is 0. The van der Waals surface area contributed by atoms with Crippen LogP contribution in [0.5, 0.6) is 0 Å². The molecule has 0 amide bonds. The summed E-state index contributed by atoms with van der Waals surface area (Å²) in [6.07, 6.45) is 2.83. The van der Waals surface area contributed by atoms with E-state index in [1.54, 1.807) is 6.92 Å². The molecule has 3 heteroatoms. The molecule has 2 nitrogen and oxygen atoms in total. The summed E-state index contributed by atoms with van der Waals surface area (Å²) in [5.41, 5.74) is 1.16. The fourth-order valence-electron chi connectivity index (χ4n) is 2.55. The lowest BCUT2D eigenvalue weighted by Gasteiger charge is -2.35. The monoisotopic (exact) mass is 253 g/mol. The number of piperidine rings is 1. The van der Waals surface area contributed by atoms with Gasteiger partial charge in [0.1, 0.15) is 5.78 Å². The van der Waals surface area contributed by atoms with Crippen molar-refractivity contribution in [3.63, 3.8) is 0 Å². The van der Waals surface area contributed by atoms with Crippen molar-refractivity contribution in [1.82, 2.24) is 5.32 Å². The average Bonchev–Trinajstić information content (AvgIpc) is 2.31. The van der Waals surface area contributed by atoms with Crippen LogP contribution in [0.4, 0.5) is 0 Å². The molecule has 1 aliphatic heterocycles. The van der Waals surface area contributed by atoms with Crippen LogP contribution in [0.25, 0.3) is 0 Å². The first-order valence-electron chi connectivity index (χ1n) is 5.99. The van der Waals surface area contributed by atoms with E-state index in [4.69, 9.17) is 0 Å². The van der Waals surface area contributed by atoms with Gasteiger partial charge in [-0.15, -0.1) is 12.4 Å². The van der Waals surface area contributed by atoms with Gasteiger partial charge >= 0.3 is 0 Å². The summed E-state index contributed by atoms with van der Waals surface area (Å²) in [6, 6.07) is 10.3. The Balaban J connectivity index is 0.00000144. The molecule has 1 heterocycles. The Morgan fingerprint density at radius 1 is 1.24 bits per heavy atom. The number of halogens is 1. The summed E-state index contributed by atoms with van der Waals surface area (Å²) in [6.45, 7) is 3.67. The molecule has 0 aliphatic carbocycles. The van der Waals surface area contributed by atoms with Crippen molar-refractivity contribution < 1.29 is 4.79 Å². The Labute approximate surface area is 109 Å². The molecule has 1 N–H and O–H groups in total. The van der Waals surface area contributed by atoms with Crippen LogP contribution in [0.3, 0.4) is 0 Å². The molecule has 2 rings (SSSR count). The molecule has 1 saturated heterocycles. The Kier molecular flexibility index (Phi) is 5.16. The lowest BCUT2D eigenvalue weighted by Crippen LogP contribution is -2.42. The van der Waals surface area contributed by atoms with Crippen molar-refractivity contribution in [1.29, 1.82) is 0 Å². The highest BCUT2D eigenvalue weighted by Crippen LogP contribution is 2.33. The summed E-state index contributed by atoms with van der Waals surface area (Å²) in [4.78, 5) is 11.9. The molecule has 1 aliphatic rings. The molecule has 0 aromatic heterocycles. The first kappa shape index (κ1) is 14.2. The lowest BCUT2D eigenvalue weighted by molar-refractivity contribution is -0.128. The zero-order valence-corrected chi connectivity index (χ0v) is 11.1. The maximum absolute atomic E-state index is 11.9. The van der Waals surface area contributed by atoms with Crippen LogP contribution in [0.2, 0.25) is 0 Å². The van der Waals surface area contributed by atoms with Crippen LogP contribution < -0.4 is 5.32 Å². The molecule has 0 saturated carbocycles. The Morgan fingerprint density at radius 2 is 1.82 bits per heavy atom. The highest BCUT2D eigenvalue weighted by Gasteiger charge is 2.36. The smallest absolute Gasteiger partial charge is 0.136 e. The second kappa shape index (κ2) is 6.18. The summed E-state index contributed by atoms with van der Waals surface area (Å²) in [5.74, 6) is 0.345. The van der Waals surface area contributed by atoms with Gasteiger partial charge in [0.2, 0.25) is 0 Å². The van der Waals surface area contributed by atoms with Crippen LogP contribution >= 0.6 is 12.4 Å². The van der Waals surface area contributed by atoms with E-state index >= 15 is 0 Å². The van der Waals surface area contributed by atoms with E-state index in [1.807, 2.05) is 18.2 Å². The topological polar surface area (TPSA) is 29.1 Å². The molecular weight excluding hydrogens is 234 g/mol. The molecule has 0 spiro atoms. The van der Waals surface area contributed by atoms with Crippen molar-refractivity contribution in [2.24, 2.45) is 5.41 Å². The molecule has 0 atom stereocenters. The van der Waals surface area contributed by atoms with Gasteiger partial charge in [-0.25, -0.2) is 0 Å². The van der Waals surface area contributed by atoms with Gasteiger partial charge in [0.05, 0.1) is 0 Å². The van der Waals surface area contributed by atoms with Gasteiger partial charge < -0.3 is 5.32 Å². The van der Waals surface area contributed by atoms with Gasteiger partial charge in [0.25, 0.3) is 0 Å². The van der Waals surface area contributed by atoms with Crippen molar-refractivity contribution in [2.75, 3.05) is 13.1 Å². The van der Waals surface area contributed by atoms with Crippen LogP contribution in [0.1, 0.15) is 25.3 Å². The van der Waals surface area contributed by atoms with E-state index in [2.05, 4.69) is 17.4 Å². The average molecular weight is 254 g/mol. The summed E-state index contributed by atoms with van der Waals surface area (Å²) >= 11 is 0. The number of carbonyl (C=O) groups is 1. The maximum Gasteiger partial charge on any atom is 0.136 e. The quantitative estimate of drug-likeness (QED) is 0.897. The number of hydrogen-bond donors (Lipinski definition) is 1. The molecule has 0 unspecified atom stereocenters. The zero-order chi connectivity index (χ0) is 11.4. The third kappa shape index (κ3) is 3.30. The minimum absolute atomic E-state index is 0. The zero-order valence-electron chi connectivity index (χ0n) is 10.2. The molecular formula is C14H20ClNO. The molecule has 17 heavy (non-hydrogen) atoms. The Morgan fingerprint density at radius 3 is 2.35 bits per heavy atom. The highest BCUT2D eigenvalue weighted by molar-refractivity contribution is 5.85.